The van der Waals surface area contributed by atoms with Crippen molar-refractivity contribution in [1.29, 1.82) is 0 Å². The quantitative estimate of drug-likeness (QED) is 0.608. The van der Waals surface area contributed by atoms with Crippen LogP contribution in [-0.2, 0) is 4.79 Å². The van der Waals surface area contributed by atoms with Gasteiger partial charge in [0.2, 0.25) is 0 Å². The van der Waals surface area contributed by atoms with Gasteiger partial charge in [-0.3, -0.25) is 29.6 Å². The molecule has 2 N–H and O–H groups in total. The first kappa shape index (κ1) is 19.9. The molecule has 9 nitrogen and oxygen atoms in total. The third kappa shape index (κ3) is 4.70. The van der Waals surface area contributed by atoms with Crippen molar-refractivity contribution in [2.45, 2.75) is 20.0 Å². The number of benzene rings is 1. The number of hydrogen-bond donors (Lipinski definition) is 2. The molecular formula is C20H20N4O5. The summed E-state index contributed by atoms with van der Waals surface area (Å²) in [5.74, 6) is -0.192. The Morgan fingerprint density at radius 3 is 2.55 bits per heavy atom. The van der Waals surface area contributed by atoms with E-state index >= 15 is 0 Å². The molecule has 0 unspecified atom stereocenters. The molecule has 0 saturated heterocycles. The molecule has 1 atom stereocenters. The molecule has 0 fully saturated rings. The monoisotopic (exact) mass is 396 g/mol. The Morgan fingerprint density at radius 1 is 1.10 bits per heavy atom. The predicted molar refractivity (Wildman–Crippen MR) is 105 cm³/mol. The van der Waals surface area contributed by atoms with Crippen LogP contribution in [0.4, 0.5) is 0 Å². The number of fused-ring (bicyclic) bond motifs is 1. The summed E-state index contributed by atoms with van der Waals surface area (Å²) in [7, 11) is 0. The highest BCUT2D eigenvalue weighted by Crippen LogP contribution is 2.18. The lowest BCUT2D eigenvalue weighted by atomic mass is 10.3. The molecule has 1 aromatic carbocycles. The highest BCUT2D eigenvalue weighted by Gasteiger charge is 2.18. The Labute approximate surface area is 166 Å². The van der Waals surface area contributed by atoms with Crippen molar-refractivity contribution in [3.05, 3.63) is 70.8 Å². The van der Waals surface area contributed by atoms with E-state index in [9.17, 15) is 14.4 Å². The van der Waals surface area contributed by atoms with Crippen molar-refractivity contribution < 1.29 is 19.1 Å². The number of aromatic nitrogens is 2. The second kappa shape index (κ2) is 8.87. The van der Waals surface area contributed by atoms with Crippen LogP contribution in [0.1, 0.15) is 24.2 Å². The molecule has 0 aliphatic rings. The fourth-order valence-electron chi connectivity index (χ4n) is 2.51. The smallest absolute Gasteiger partial charge is 0.279 e. The van der Waals surface area contributed by atoms with E-state index in [0.29, 0.717) is 23.8 Å². The van der Waals surface area contributed by atoms with Gasteiger partial charge in [-0.2, -0.15) is 0 Å². The zero-order chi connectivity index (χ0) is 20.8. The summed E-state index contributed by atoms with van der Waals surface area (Å²) in [5.41, 5.74) is 4.12. The maximum atomic E-state index is 12.4. The molecule has 2 aromatic heterocycles. The first-order valence-electron chi connectivity index (χ1n) is 8.95. The van der Waals surface area contributed by atoms with E-state index in [1.807, 2.05) is 6.92 Å². The zero-order valence-electron chi connectivity index (χ0n) is 15.9. The van der Waals surface area contributed by atoms with E-state index in [4.69, 9.17) is 9.47 Å². The van der Waals surface area contributed by atoms with Crippen molar-refractivity contribution in [1.82, 2.24) is 20.2 Å². The molecule has 150 valence electrons. The number of nitrogens with zero attached hydrogens (tertiary/aromatic N) is 2. The van der Waals surface area contributed by atoms with Gasteiger partial charge >= 0.3 is 0 Å². The fraction of sp³-hybridized carbons (Fsp3) is 0.200. The first-order chi connectivity index (χ1) is 14.0. The van der Waals surface area contributed by atoms with Crippen molar-refractivity contribution in [2.24, 2.45) is 0 Å². The Balaban J connectivity index is 1.59. The average molecular weight is 396 g/mol. The third-order valence-corrected chi connectivity index (χ3v) is 3.97. The molecule has 0 saturated carbocycles. The minimum Gasteiger partial charge on any atom is -0.494 e. The third-order valence-electron chi connectivity index (χ3n) is 3.97. The SMILES string of the molecule is CCOc1ccc(O[C@H](C)C(=O)NNC(=O)c2cnc3ccccn3c2=O)cc1. The summed E-state index contributed by atoms with van der Waals surface area (Å²) < 4.78 is 12.1. The van der Waals surface area contributed by atoms with Crippen molar-refractivity contribution in [2.75, 3.05) is 6.61 Å². The maximum Gasteiger partial charge on any atom is 0.279 e. The molecule has 0 bridgehead atoms. The average Bonchev–Trinajstić information content (AvgIpc) is 2.73. The second-order valence-electron chi connectivity index (χ2n) is 6.01. The van der Waals surface area contributed by atoms with Crippen molar-refractivity contribution in [3.8, 4) is 11.5 Å². The molecule has 29 heavy (non-hydrogen) atoms. The molecular weight excluding hydrogens is 376 g/mol. The van der Waals surface area contributed by atoms with E-state index < -0.39 is 23.5 Å². The largest absolute Gasteiger partial charge is 0.494 e. The topological polar surface area (TPSA) is 111 Å². The number of nitrogens with one attached hydrogen (secondary N) is 2. The number of amides is 2. The summed E-state index contributed by atoms with van der Waals surface area (Å²) in [4.78, 5) is 40.9. The Kier molecular flexibility index (Phi) is 6.08. The van der Waals surface area contributed by atoms with Crippen molar-refractivity contribution in [3.63, 3.8) is 0 Å². The van der Waals surface area contributed by atoms with E-state index in [0.717, 1.165) is 0 Å². The van der Waals surface area contributed by atoms with Gasteiger partial charge in [-0.25, -0.2) is 4.98 Å². The van der Waals surface area contributed by atoms with Crippen LogP contribution in [0.25, 0.3) is 5.65 Å². The standard InChI is InChI=1S/C20H20N4O5/c1-3-28-14-7-9-15(10-8-14)29-13(2)18(25)22-23-19(26)16-12-21-17-6-4-5-11-24(17)20(16)27/h4-13H,3H2,1-2H3,(H,22,25)(H,23,26)/t13-/m1/s1. The van der Waals surface area contributed by atoms with Gasteiger partial charge < -0.3 is 9.47 Å². The highest BCUT2D eigenvalue weighted by atomic mass is 16.5. The summed E-state index contributed by atoms with van der Waals surface area (Å²) in [5, 5.41) is 0. The van der Waals surface area contributed by atoms with Gasteiger partial charge in [-0.15, -0.1) is 0 Å². The number of hydrogen-bond acceptors (Lipinski definition) is 6. The van der Waals surface area contributed by atoms with Gasteiger partial charge in [-0.05, 0) is 50.2 Å². The van der Waals surface area contributed by atoms with Crippen molar-refractivity contribution >= 4 is 17.5 Å². The number of ether oxygens (including phenoxy) is 2. The van der Waals surface area contributed by atoms with Crippen LogP contribution in [0, 0.1) is 0 Å². The van der Waals surface area contributed by atoms with Gasteiger partial charge in [0.25, 0.3) is 17.4 Å². The van der Waals surface area contributed by atoms with Crippen LogP contribution in [0.2, 0.25) is 0 Å². The molecule has 0 aliphatic carbocycles. The van der Waals surface area contributed by atoms with E-state index in [1.165, 1.54) is 23.7 Å². The lowest BCUT2D eigenvalue weighted by molar-refractivity contribution is -0.128. The van der Waals surface area contributed by atoms with E-state index in [-0.39, 0.29) is 5.56 Å². The normalized spacial score (nSPS) is 11.5. The lowest BCUT2D eigenvalue weighted by Crippen LogP contribution is -2.48. The van der Waals surface area contributed by atoms with Crippen LogP contribution in [0.5, 0.6) is 11.5 Å². The van der Waals surface area contributed by atoms with Crippen LogP contribution >= 0.6 is 0 Å². The molecule has 3 aromatic rings. The Bertz CT molecular complexity index is 1080. The summed E-state index contributed by atoms with van der Waals surface area (Å²) in [6.07, 6.45) is 1.79. The van der Waals surface area contributed by atoms with E-state index in [1.54, 1.807) is 42.5 Å². The van der Waals surface area contributed by atoms with E-state index in [2.05, 4.69) is 15.8 Å². The Morgan fingerprint density at radius 2 is 1.83 bits per heavy atom. The van der Waals surface area contributed by atoms with Crippen LogP contribution in [-0.4, -0.2) is 33.9 Å². The summed E-state index contributed by atoms with van der Waals surface area (Å²) >= 11 is 0. The van der Waals surface area contributed by atoms with Gasteiger partial charge in [0, 0.05) is 12.4 Å². The molecule has 3 rings (SSSR count). The van der Waals surface area contributed by atoms with Gasteiger partial charge in [-0.1, -0.05) is 6.07 Å². The van der Waals surface area contributed by atoms with Gasteiger partial charge in [0.15, 0.2) is 6.10 Å². The Hall–Kier alpha value is -3.88. The van der Waals surface area contributed by atoms with Gasteiger partial charge in [0.05, 0.1) is 6.61 Å². The minimum absolute atomic E-state index is 0.200. The molecule has 0 radical (unpaired) electrons. The number of carbonyl (C=O) groups excluding carboxylic acids is 2. The second-order valence-corrected chi connectivity index (χ2v) is 6.01. The molecule has 2 amide bonds. The highest BCUT2D eigenvalue weighted by molar-refractivity contribution is 5.95. The molecule has 0 aliphatic heterocycles. The van der Waals surface area contributed by atoms with Crippen LogP contribution in [0.3, 0.4) is 0 Å². The maximum absolute atomic E-state index is 12.4. The minimum atomic E-state index is -0.885. The number of carbonyl (C=O) groups is 2. The number of rotatable bonds is 6. The lowest BCUT2D eigenvalue weighted by Gasteiger charge is -2.15. The number of hydrazine groups is 1. The molecule has 9 heteroatoms. The molecule has 0 spiro atoms. The fourth-order valence-corrected chi connectivity index (χ4v) is 2.51. The zero-order valence-corrected chi connectivity index (χ0v) is 15.9. The van der Waals surface area contributed by atoms with Crippen LogP contribution < -0.4 is 25.9 Å². The van der Waals surface area contributed by atoms with Crippen LogP contribution in [0.15, 0.2) is 59.7 Å². The summed E-state index contributed by atoms with van der Waals surface area (Å²) in [6.45, 7) is 3.97. The molecule has 2 heterocycles. The van der Waals surface area contributed by atoms with Gasteiger partial charge in [0.1, 0.15) is 22.7 Å². The predicted octanol–water partition coefficient (Wildman–Crippen LogP) is 1.32. The number of pyridine rings is 1. The summed E-state index contributed by atoms with van der Waals surface area (Å²) in [6, 6.07) is 11.8. The first-order valence-corrected chi connectivity index (χ1v) is 8.95.